The molecule has 3 rings (SSSR count). The van der Waals surface area contributed by atoms with Crippen LogP contribution in [0.3, 0.4) is 0 Å². The molecule has 0 aromatic carbocycles. The van der Waals surface area contributed by atoms with Gasteiger partial charge in [0.1, 0.15) is 11.2 Å². The molecule has 4 atom stereocenters. The Morgan fingerprint density at radius 2 is 2.11 bits per heavy atom. The molecule has 0 saturated heterocycles. The average Bonchev–Trinajstić information content (AvgIpc) is 2.94. The maximum Gasteiger partial charge on any atom is 0.317 e. The van der Waals surface area contributed by atoms with Crippen molar-refractivity contribution in [2.24, 2.45) is 23.2 Å². The van der Waals surface area contributed by atoms with Crippen LogP contribution in [0.4, 0.5) is 0 Å². The highest BCUT2D eigenvalue weighted by molar-refractivity contribution is 6.03. The van der Waals surface area contributed by atoms with Crippen molar-refractivity contribution in [2.45, 2.75) is 57.8 Å². The molecule has 3 aliphatic carbocycles. The lowest BCUT2D eigenvalue weighted by molar-refractivity contribution is -0.159. The van der Waals surface area contributed by atoms with E-state index in [0.29, 0.717) is 31.1 Å². The monoisotopic (exact) mass is 250 g/mol. The smallest absolute Gasteiger partial charge is 0.317 e. The number of aliphatic carboxylic acids is 1. The minimum atomic E-state index is -1.02. The molecular weight excluding hydrogens is 228 g/mol. The van der Waals surface area contributed by atoms with Gasteiger partial charge in [0, 0.05) is 6.42 Å². The lowest BCUT2D eigenvalue weighted by Gasteiger charge is -2.36. The van der Waals surface area contributed by atoms with E-state index in [-0.39, 0.29) is 5.78 Å². The number of Topliss-reactive ketones (excluding diaryl/α,β-unsaturated/α-hetero) is 1. The number of ketones is 1. The molecule has 1 N–H and O–H groups in total. The summed E-state index contributed by atoms with van der Waals surface area (Å²) in [6.45, 7) is 0. The van der Waals surface area contributed by atoms with Crippen LogP contribution in [-0.2, 0) is 9.59 Å². The fourth-order valence-electron chi connectivity index (χ4n) is 4.69. The van der Waals surface area contributed by atoms with Gasteiger partial charge in [0.25, 0.3) is 0 Å². The van der Waals surface area contributed by atoms with Gasteiger partial charge in [0.05, 0.1) is 0 Å². The molecule has 2 bridgehead atoms. The van der Waals surface area contributed by atoms with Crippen molar-refractivity contribution in [3.63, 3.8) is 0 Å². The molecule has 4 unspecified atom stereocenters. The summed E-state index contributed by atoms with van der Waals surface area (Å²) in [5, 5.41) is 9.57. The number of carbonyl (C=O) groups excluding carboxylic acids is 1. The highest BCUT2D eigenvalue weighted by Crippen LogP contribution is 2.53. The first-order valence-electron chi connectivity index (χ1n) is 7.38. The normalized spacial score (nSPS) is 43.3. The topological polar surface area (TPSA) is 54.4 Å². The highest BCUT2D eigenvalue weighted by atomic mass is 16.4. The predicted molar refractivity (Wildman–Crippen MR) is 67.1 cm³/mol. The van der Waals surface area contributed by atoms with E-state index >= 15 is 0 Å². The molecule has 100 valence electrons. The standard InChI is InChI=1S/C15H22O3/c16-13-3-1-2-6-15(13,14(17)18)9-12-8-10-4-5-11(12)7-10/h10-12H,1-9H2,(H,17,18). The third-order valence-corrected chi connectivity index (χ3v) is 5.70. The Morgan fingerprint density at radius 1 is 1.28 bits per heavy atom. The van der Waals surface area contributed by atoms with Crippen LogP contribution in [0, 0.1) is 23.2 Å². The molecule has 3 saturated carbocycles. The Bertz CT molecular complexity index is 376. The van der Waals surface area contributed by atoms with Crippen LogP contribution in [0.5, 0.6) is 0 Å². The summed E-state index contributed by atoms with van der Waals surface area (Å²) in [4.78, 5) is 23.8. The van der Waals surface area contributed by atoms with Crippen LogP contribution in [0.15, 0.2) is 0 Å². The van der Waals surface area contributed by atoms with Crippen LogP contribution in [-0.4, -0.2) is 16.9 Å². The van der Waals surface area contributed by atoms with Crippen LogP contribution >= 0.6 is 0 Å². The lowest BCUT2D eigenvalue weighted by Crippen LogP contribution is -2.43. The Kier molecular flexibility index (Phi) is 2.95. The molecule has 0 aromatic heterocycles. The number of rotatable bonds is 3. The summed E-state index contributed by atoms with van der Waals surface area (Å²) >= 11 is 0. The zero-order valence-corrected chi connectivity index (χ0v) is 10.9. The summed E-state index contributed by atoms with van der Waals surface area (Å²) in [5.74, 6) is 1.19. The van der Waals surface area contributed by atoms with Crippen molar-refractivity contribution in [2.75, 3.05) is 0 Å². The molecule has 3 heteroatoms. The Morgan fingerprint density at radius 3 is 2.67 bits per heavy atom. The number of fused-ring (bicyclic) bond motifs is 2. The van der Waals surface area contributed by atoms with E-state index in [1.165, 1.54) is 25.7 Å². The molecule has 3 fully saturated rings. The van der Waals surface area contributed by atoms with Gasteiger partial charge in [-0.1, -0.05) is 12.8 Å². The maximum atomic E-state index is 12.2. The molecule has 0 spiro atoms. The predicted octanol–water partition coefficient (Wildman–Crippen LogP) is 3.03. The van der Waals surface area contributed by atoms with Crippen molar-refractivity contribution in [3.05, 3.63) is 0 Å². The fourth-order valence-corrected chi connectivity index (χ4v) is 4.69. The van der Waals surface area contributed by atoms with E-state index in [2.05, 4.69) is 0 Å². The third kappa shape index (κ3) is 1.79. The highest BCUT2D eigenvalue weighted by Gasteiger charge is 2.51. The van der Waals surface area contributed by atoms with Crippen LogP contribution in [0.1, 0.15) is 57.8 Å². The first-order valence-corrected chi connectivity index (χ1v) is 7.38. The number of hydrogen-bond donors (Lipinski definition) is 1. The Labute approximate surface area is 108 Å². The fraction of sp³-hybridized carbons (Fsp3) is 0.867. The van der Waals surface area contributed by atoms with Gasteiger partial charge < -0.3 is 5.11 Å². The summed E-state index contributed by atoms with van der Waals surface area (Å²) < 4.78 is 0. The first-order chi connectivity index (χ1) is 8.62. The van der Waals surface area contributed by atoms with Gasteiger partial charge in [-0.25, -0.2) is 0 Å². The van der Waals surface area contributed by atoms with Crippen molar-refractivity contribution in [3.8, 4) is 0 Å². The summed E-state index contributed by atoms with van der Waals surface area (Å²) in [5.41, 5.74) is -1.02. The summed E-state index contributed by atoms with van der Waals surface area (Å²) in [6, 6.07) is 0. The van der Waals surface area contributed by atoms with E-state index in [1.807, 2.05) is 0 Å². The maximum absolute atomic E-state index is 12.2. The quantitative estimate of drug-likeness (QED) is 0.783. The van der Waals surface area contributed by atoms with E-state index in [9.17, 15) is 14.7 Å². The second-order valence-corrected chi connectivity index (χ2v) is 6.66. The summed E-state index contributed by atoms with van der Waals surface area (Å²) in [6.07, 6.45) is 8.52. The lowest BCUT2D eigenvalue weighted by atomic mass is 9.66. The van der Waals surface area contributed by atoms with Gasteiger partial charge in [-0.05, 0) is 56.3 Å². The number of carboxylic acid groups (broad SMARTS) is 1. The van der Waals surface area contributed by atoms with Crippen molar-refractivity contribution >= 4 is 11.8 Å². The number of hydrogen-bond acceptors (Lipinski definition) is 2. The van der Waals surface area contributed by atoms with E-state index in [1.54, 1.807) is 0 Å². The van der Waals surface area contributed by atoms with Gasteiger partial charge in [0.2, 0.25) is 0 Å². The number of carboxylic acids is 1. The Balaban J connectivity index is 1.78. The molecule has 0 aliphatic heterocycles. The molecule has 18 heavy (non-hydrogen) atoms. The zero-order chi connectivity index (χ0) is 12.8. The first kappa shape index (κ1) is 12.2. The zero-order valence-electron chi connectivity index (χ0n) is 10.9. The van der Waals surface area contributed by atoms with E-state index < -0.39 is 11.4 Å². The minimum absolute atomic E-state index is 0.00373. The van der Waals surface area contributed by atoms with Crippen LogP contribution < -0.4 is 0 Å². The second-order valence-electron chi connectivity index (χ2n) is 6.66. The largest absolute Gasteiger partial charge is 0.480 e. The SMILES string of the molecule is O=C(O)C1(CC2CC3CCC2C3)CCCCC1=O. The summed E-state index contributed by atoms with van der Waals surface area (Å²) in [7, 11) is 0. The molecule has 3 aliphatic rings. The van der Waals surface area contributed by atoms with Crippen LogP contribution in [0.2, 0.25) is 0 Å². The molecule has 0 amide bonds. The minimum Gasteiger partial charge on any atom is -0.480 e. The Hall–Kier alpha value is -0.860. The van der Waals surface area contributed by atoms with Crippen molar-refractivity contribution in [1.82, 2.24) is 0 Å². The van der Waals surface area contributed by atoms with E-state index in [4.69, 9.17) is 0 Å². The average molecular weight is 250 g/mol. The molecular formula is C15H22O3. The third-order valence-electron chi connectivity index (χ3n) is 5.70. The van der Waals surface area contributed by atoms with Gasteiger partial charge in [-0.2, -0.15) is 0 Å². The molecule has 0 aromatic rings. The van der Waals surface area contributed by atoms with Crippen molar-refractivity contribution in [1.29, 1.82) is 0 Å². The molecule has 3 nitrogen and oxygen atoms in total. The van der Waals surface area contributed by atoms with Gasteiger partial charge >= 0.3 is 5.97 Å². The van der Waals surface area contributed by atoms with Gasteiger partial charge in [0.15, 0.2) is 0 Å². The van der Waals surface area contributed by atoms with E-state index in [0.717, 1.165) is 18.8 Å². The second kappa shape index (κ2) is 4.36. The van der Waals surface area contributed by atoms with Gasteiger partial charge in [-0.15, -0.1) is 0 Å². The van der Waals surface area contributed by atoms with Crippen LogP contribution in [0.25, 0.3) is 0 Å². The number of carbonyl (C=O) groups is 2. The molecule has 0 radical (unpaired) electrons. The van der Waals surface area contributed by atoms with Crippen molar-refractivity contribution < 1.29 is 14.7 Å². The van der Waals surface area contributed by atoms with Gasteiger partial charge in [-0.3, -0.25) is 9.59 Å². The molecule has 0 heterocycles.